The SMILES string of the molecule is CC(C)[C@@H](C(=O)N[C@@H](CCC(=O)[O-])C(=O)[O-])n1nnc2ccccc2c1=O. The zero-order valence-corrected chi connectivity index (χ0v) is 14.7. The van der Waals surface area contributed by atoms with Gasteiger partial charge in [0.2, 0.25) is 5.91 Å². The number of carbonyl (C=O) groups is 3. The van der Waals surface area contributed by atoms with E-state index in [1.807, 2.05) is 0 Å². The molecule has 0 spiro atoms. The molecule has 27 heavy (non-hydrogen) atoms. The Morgan fingerprint density at radius 3 is 2.44 bits per heavy atom. The minimum Gasteiger partial charge on any atom is -0.550 e. The number of carbonyl (C=O) groups excluding carboxylic acids is 3. The summed E-state index contributed by atoms with van der Waals surface area (Å²) in [6.07, 6.45) is -0.972. The van der Waals surface area contributed by atoms with Crippen molar-refractivity contribution in [2.45, 2.75) is 38.8 Å². The molecule has 0 bridgehead atoms. The quantitative estimate of drug-likeness (QED) is 0.543. The molecule has 0 aliphatic heterocycles. The largest absolute Gasteiger partial charge is 0.550 e. The molecule has 0 unspecified atom stereocenters. The summed E-state index contributed by atoms with van der Waals surface area (Å²) in [6, 6.07) is 3.80. The van der Waals surface area contributed by atoms with Crippen LogP contribution in [0.25, 0.3) is 10.9 Å². The lowest BCUT2D eigenvalue weighted by molar-refractivity contribution is -0.310. The number of rotatable bonds is 8. The van der Waals surface area contributed by atoms with Crippen molar-refractivity contribution in [3.05, 3.63) is 34.6 Å². The number of carboxylic acid groups (broad SMARTS) is 2. The summed E-state index contributed by atoms with van der Waals surface area (Å²) in [6.45, 7) is 3.31. The van der Waals surface area contributed by atoms with Crippen molar-refractivity contribution in [1.29, 1.82) is 0 Å². The molecule has 0 aliphatic carbocycles. The fraction of sp³-hybridized carbons (Fsp3) is 0.412. The van der Waals surface area contributed by atoms with Crippen LogP contribution in [-0.2, 0) is 14.4 Å². The van der Waals surface area contributed by atoms with Crippen molar-refractivity contribution in [3.8, 4) is 0 Å². The van der Waals surface area contributed by atoms with Crippen LogP contribution in [0, 0.1) is 5.92 Å². The van der Waals surface area contributed by atoms with Gasteiger partial charge in [-0.2, -0.15) is 4.68 Å². The number of nitrogens with zero attached hydrogens (tertiary/aromatic N) is 3. The van der Waals surface area contributed by atoms with Gasteiger partial charge in [-0.15, -0.1) is 5.10 Å². The number of hydrogen-bond donors (Lipinski definition) is 1. The lowest BCUT2D eigenvalue weighted by Gasteiger charge is -2.25. The highest BCUT2D eigenvalue weighted by molar-refractivity contribution is 5.86. The van der Waals surface area contributed by atoms with E-state index in [4.69, 9.17) is 0 Å². The lowest BCUT2D eigenvalue weighted by atomic mass is 10.0. The number of fused-ring (bicyclic) bond motifs is 1. The maximum Gasteiger partial charge on any atom is 0.278 e. The summed E-state index contributed by atoms with van der Waals surface area (Å²) in [7, 11) is 0. The minimum absolute atomic E-state index is 0.263. The van der Waals surface area contributed by atoms with E-state index >= 15 is 0 Å². The molecule has 1 aromatic heterocycles. The average molecular weight is 374 g/mol. The van der Waals surface area contributed by atoms with Gasteiger partial charge in [-0.3, -0.25) is 9.59 Å². The summed E-state index contributed by atoms with van der Waals surface area (Å²) in [5.74, 6) is -4.32. The molecule has 2 aromatic rings. The van der Waals surface area contributed by atoms with Gasteiger partial charge in [0.25, 0.3) is 5.56 Å². The first-order valence-corrected chi connectivity index (χ1v) is 8.27. The molecule has 1 N–H and O–H groups in total. The highest BCUT2D eigenvalue weighted by atomic mass is 16.4. The summed E-state index contributed by atoms with van der Waals surface area (Å²) < 4.78 is 0.896. The van der Waals surface area contributed by atoms with Crippen molar-refractivity contribution < 1.29 is 24.6 Å². The highest BCUT2D eigenvalue weighted by Crippen LogP contribution is 2.16. The van der Waals surface area contributed by atoms with Crippen molar-refractivity contribution in [3.63, 3.8) is 0 Å². The fourth-order valence-electron chi connectivity index (χ4n) is 2.65. The van der Waals surface area contributed by atoms with E-state index in [0.29, 0.717) is 5.52 Å². The first-order valence-electron chi connectivity index (χ1n) is 8.27. The Labute approximate surface area is 153 Å². The van der Waals surface area contributed by atoms with E-state index in [1.165, 1.54) is 0 Å². The van der Waals surface area contributed by atoms with Crippen LogP contribution < -0.4 is 21.1 Å². The molecule has 144 valence electrons. The van der Waals surface area contributed by atoms with Crippen LogP contribution in [0.1, 0.15) is 32.7 Å². The highest BCUT2D eigenvalue weighted by Gasteiger charge is 2.29. The van der Waals surface area contributed by atoms with Crippen LogP contribution in [0.15, 0.2) is 29.1 Å². The van der Waals surface area contributed by atoms with E-state index in [1.54, 1.807) is 38.1 Å². The Morgan fingerprint density at radius 2 is 1.85 bits per heavy atom. The summed E-state index contributed by atoms with van der Waals surface area (Å²) in [4.78, 5) is 47.0. The monoisotopic (exact) mass is 374 g/mol. The van der Waals surface area contributed by atoms with Crippen LogP contribution in [-0.4, -0.2) is 38.9 Å². The lowest BCUT2D eigenvalue weighted by Crippen LogP contribution is -2.52. The van der Waals surface area contributed by atoms with Gasteiger partial charge < -0.3 is 25.1 Å². The molecule has 0 aliphatic rings. The molecule has 1 heterocycles. The molecule has 0 radical (unpaired) electrons. The first-order chi connectivity index (χ1) is 12.7. The molecule has 2 rings (SSSR count). The van der Waals surface area contributed by atoms with Crippen LogP contribution >= 0.6 is 0 Å². The number of hydrogen-bond acceptors (Lipinski definition) is 8. The molecular formula is C17H18N4O6-2. The molecule has 10 nitrogen and oxygen atoms in total. The van der Waals surface area contributed by atoms with Crippen molar-refractivity contribution in [2.75, 3.05) is 0 Å². The van der Waals surface area contributed by atoms with Gasteiger partial charge in [0.15, 0.2) is 0 Å². The maximum absolute atomic E-state index is 12.7. The molecule has 2 atom stereocenters. The van der Waals surface area contributed by atoms with Crippen molar-refractivity contribution in [2.24, 2.45) is 5.92 Å². The summed E-state index contributed by atoms with van der Waals surface area (Å²) in [5.41, 5.74) is -0.183. The van der Waals surface area contributed by atoms with E-state index < -0.39 is 54.2 Å². The smallest absolute Gasteiger partial charge is 0.278 e. The van der Waals surface area contributed by atoms with Gasteiger partial charge in [0.05, 0.1) is 17.4 Å². The van der Waals surface area contributed by atoms with Crippen LogP contribution in [0.5, 0.6) is 0 Å². The van der Waals surface area contributed by atoms with E-state index in [0.717, 1.165) is 4.68 Å². The molecule has 0 saturated carbocycles. The Balaban J connectivity index is 2.35. The molecule has 0 fully saturated rings. The van der Waals surface area contributed by atoms with Crippen LogP contribution in [0.4, 0.5) is 0 Å². The Morgan fingerprint density at radius 1 is 1.19 bits per heavy atom. The Hall–Kier alpha value is -3.30. The van der Waals surface area contributed by atoms with Gasteiger partial charge in [-0.25, -0.2) is 0 Å². The van der Waals surface area contributed by atoms with Crippen molar-refractivity contribution in [1.82, 2.24) is 20.3 Å². The topological polar surface area (TPSA) is 157 Å². The number of aliphatic carboxylic acids is 2. The van der Waals surface area contributed by atoms with Gasteiger partial charge in [0.1, 0.15) is 11.6 Å². The summed E-state index contributed by atoms with van der Waals surface area (Å²) >= 11 is 0. The molecular weight excluding hydrogens is 356 g/mol. The van der Waals surface area contributed by atoms with E-state index in [9.17, 15) is 29.4 Å². The van der Waals surface area contributed by atoms with Gasteiger partial charge in [0, 0.05) is 5.97 Å². The van der Waals surface area contributed by atoms with Crippen molar-refractivity contribution >= 4 is 28.7 Å². The van der Waals surface area contributed by atoms with Crippen LogP contribution in [0.3, 0.4) is 0 Å². The standard InChI is InChI=1S/C17H20N4O6/c1-9(2)14(15(24)18-12(17(26)27)7-8-13(22)23)21-16(25)10-5-3-4-6-11(10)19-20-21/h3-6,9,12,14H,7-8H2,1-2H3,(H,18,24)(H,22,23)(H,26,27)/p-2/t12-,14-/m0/s1. The van der Waals surface area contributed by atoms with Gasteiger partial charge in [-0.1, -0.05) is 31.2 Å². The second-order valence-electron chi connectivity index (χ2n) is 6.34. The number of nitrogens with one attached hydrogen (secondary N) is 1. The average Bonchev–Trinajstić information content (AvgIpc) is 2.60. The predicted octanol–water partition coefficient (Wildman–Crippen LogP) is -2.25. The second-order valence-corrected chi connectivity index (χ2v) is 6.34. The normalized spacial score (nSPS) is 13.3. The third kappa shape index (κ3) is 4.66. The molecule has 0 saturated heterocycles. The zero-order chi connectivity index (χ0) is 20.1. The van der Waals surface area contributed by atoms with E-state index in [-0.39, 0.29) is 5.39 Å². The Kier molecular flexibility index (Phi) is 6.22. The van der Waals surface area contributed by atoms with Gasteiger partial charge in [-0.05, 0) is 30.9 Å². The molecule has 1 aromatic carbocycles. The summed E-state index contributed by atoms with van der Waals surface area (Å²) in [5, 5.41) is 31.9. The third-order valence-corrected chi connectivity index (χ3v) is 3.99. The number of benzene rings is 1. The number of amides is 1. The number of aromatic nitrogens is 3. The molecule has 10 heteroatoms. The zero-order valence-electron chi connectivity index (χ0n) is 14.7. The third-order valence-electron chi connectivity index (χ3n) is 3.99. The predicted molar refractivity (Wildman–Crippen MR) is 88.9 cm³/mol. The number of carboxylic acids is 2. The Bertz CT molecular complexity index is 923. The van der Waals surface area contributed by atoms with Gasteiger partial charge >= 0.3 is 0 Å². The first kappa shape index (κ1) is 20.0. The fourth-order valence-corrected chi connectivity index (χ4v) is 2.65. The second kappa shape index (κ2) is 8.39. The van der Waals surface area contributed by atoms with Crippen LogP contribution in [0.2, 0.25) is 0 Å². The minimum atomic E-state index is -1.64. The maximum atomic E-state index is 12.7. The van der Waals surface area contributed by atoms with E-state index in [2.05, 4.69) is 15.6 Å². The molecule has 1 amide bonds.